The second-order valence-corrected chi connectivity index (χ2v) is 4.39. The van der Waals surface area contributed by atoms with Crippen molar-refractivity contribution in [2.75, 3.05) is 5.73 Å². The van der Waals surface area contributed by atoms with Crippen LogP contribution in [0.4, 0.5) is 5.69 Å². The van der Waals surface area contributed by atoms with Crippen molar-refractivity contribution in [3.63, 3.8) is 0 Å². The summed E-state index contributed by atoms with van der Waals surface area (Å²) in [7, 11) is 0. The molecule has 0 bridgehead atoms. The molecule has 0 saturated carbocycles. The number of nitrogens with two attached hydrogens (primary N) is 1. The zero-order valence-corrected chi connectivity index (χ0v) is 10.4. The van der Waals surface area contributed by atoms with E-state index < -0.39 is 0 Å². The SMILES string of the molecule is CCCCCCCC[CH]c1ccccc1N. The average molecular weight is 218 g/mol. The van der Waals surface area contributed by atoms with Crippen molar-refractivity contribution in [3.05, 3.63) is 36.2 Å². The molecule has 89 valence electrons. The van der Waals surface area contributed by atoms with Crippen molar-refractivity contribution in [3.8, 4) is 0 Å². The molecule has 0 amide bonds. The Labute approximate surface area is 100 Å². The molecule has 16 heavy (non-hydrogen) atoms. The molecule has 1 radical (unpaired) electrons. The third-order valence-corrected chi connectivity index (χ3v) is 2.92. The lowest BCUT2D eigenvalue weighted by atomic mass is 10.0. The summed E-state index contributed by atoms with van der Waals surface area (Å²) in [6, 6.07) is 8.08. The van der Waals surface area contributed by atoms with Crippen molar-refractivity contribution in [1.29, 1.82) is 0 Å². The number of hydrogen-bond donors (Lipinski definition) is 1. The lowest BCUT2D eigenvalue weighted by Gasteiger charge is -2.04. The quantitative estimate of drug-likeness (QED) is 0.502. The summed E-state index contributed by atoms with van der Waals surface area (Å²) in [6.45, 7) is 2.26. The van der Waals surface area contributed by atoms with E-state index in [2.05, 4.69) is 19.4 Å². The van der Waals surface area contributed by atoms with E-state index in [1.54, 1.807) is 0 Å². The van der Waals surface area contributed by atoms with Gasteiger partial charge in [0, 0.05) is 5.69 Å². The second-order valence-electron chi connectivity index (χ2n) is 4.39. The molecule has 0 aliphatic carbocycles. The topological polar surface area (TPSA) is 26.0 Å². The highest BCUT2D eigenvalue weighted by Gasteiger charge is 1.97. The summed E-state index contributed by atoms with van der Waals surface area (Å²) < 4.78 is 0. The second kappa shape index (κ2) is 8.20. The standard InChI is InChI=1S/C15H24N/c1-2-3-4-5-6-7-8-11-14-12-9-10-13-15(14)16/h9-13H,2-8,16H2,1H3. The van der Waals surface area contributed by atoms with Crippen LogP contribution in [0.15, 0.2) is 24.3 Å². The maximum atomic E-state index is 5.87. The maximum Gasteiger partial charge on any atom is 0.0349 e. The molecule has 1 aromatic carbocycles. The fourth-order valence-corrected chi connectivity index (χ4v) is 1.88. The molecule has 0 fully saturated rings. The molecule has 1 aromatic rings. The number of rotatable bonds is 8. The van der Waals surface area contributed by atoms with Crippen LogP contribution in [0.25, 0.3) is 0 Å². The van der Waals surface area contributed by atoms with Gasteiger partial charge in [-0.2, -0.15) is 0 Å². The summed E-state index contributed by atoms with van der Waals surface area (Å²) in [5, 5.41) is 0. The van der Waals surface area contributed by atoms with E-state index in [1.165, 1.54) is 44.1 Å². The Hall–Kier alpha value is -0.980. The minimum Gasteiger partial charge on any atom is -0.398 e. The molecular weight excluding hydrogens is 194 g/mol. The van der Waals surface area contributed by atoms with Gasteiger partial charge in [-0.15, -0.1) is 0 Å². The Morgan fingerprint density at radius 1 is 1.00 bits per heavy atom. The molecule has 1 nitrogen and oxygen atoms in total. The number of para-hydroxylation sites is 1. The summed E-state index contributed by atoms with van der Waals surface area (Å²) in [4.78, 5) is 0. The van der Waals surface area contributed by atoms with Crippen LogP contribution in [0.5, 0.6) is 0 Å². The molecule has 0 unspecified atom stereocenters. The number of anilines is 1. The Morgan fingerprint density at radius 2 is 1.69 bits per heavy atom. The van der Waals surface area contributed by atoms with Crippen LogP contribution in [0.2, 0.25) is 0 Å². The highest BCUT2D eigenvalue weighted by atomic mass is 14.6. The van der Waals surface area contributed by atoms with Gasteiger partial charge in [-0.1, -0.05) is 63.6 Å². The van der Waals surface area contributed by atoms with Crippen LogP contribution in [-0.4, -0.2) is 0 Å². The van der Waals surface area contributed by atoms with Gasteiger partial charge in [0.25, 0.3) is 0 Å². The molecule has 0 aliphatic rings. The van der Waals surface area contributed by atoms with Gasteiger partial charge in [-0.25, -0.2) is 0 Å². The van der Waals surface area contributed by atoms with Crippen molar-refractivity contribution >= 4 is 5.69 Å². The monoisotopic (exact) mass is 218 g/mol. The van der Waals surface area contributed by atoms with E-state index >= 15 is 0 Å². The van der Waals surface area contributed by atoms with Gasteiger partial charge in [-0.05, 0) is 24.5 Å². The summed E-state index contributed by atoms with van der Waals surface area (Å²) in [5.74, 6) is 0. The number of benzene rings is 1. The average Bonchev–Trinajstić information content (AvgIpc) is 2.30. The van der Waals surface area contributed by atoms with Crippen LogP contribution in [0.3, 0.4) is 0 Å². The first-order valence-electron chi connectivity index (χ1n) is 6.52. The first-order valence-corrected chi connectivity index (χ1v) is 6.52. The minimum atomic E-state index is 0.897. The van der Waals surface area contributed by atoms with Gasteiger partial charge < -0.3 is 5.73 Å². The van der Waals surface area contributed by atoms with Crippen molar-refractivity contribution in [1.82, 2.24) is 0 Å². The highest BCUT2D eigenvalue weighted by Crippen LogP contribution is 2.16. The number of hydrogen-bond acceptors (Lipinski definition) is 1. The van der Waals surface area contributed by atoms with E-state index in [4.69, 9.17) is 5.73 Å². The summed E-state index contributed by atoms with van der Waals surface area (Å²) >= 11 is 0. The van der Waals surface area contributed by atoms with E-state index in [0.29, 0.717) is 0 Å². The van der Waals surface area contributed by atoms with E-state index in [1.807, 2.05) is 18.2 Å². The molecule has 1 rings (SSSR count). The molecule has 0 heterocycles. The predicted molar refractivity (Wildman–Crippen MR) is 72.2 cm³/mol. The molecule has 0 aliphatic heterocycles. The Bertz CT molecular complexity index is 281. The highest BCUT2D eigenvalue weighted by molar-refractivity contribution is 5.49. The van der Waals surface area contributed by atoms with Crippen LogP contribution in [0, 0.1) is 6.42 Å². The fourth-order valence-electron chi connectivity index (χ4n) is 1.88. The predicted octanol–water partition coefficient (Wildman–Crippen LogP) is 4.57. The molecule has 0 saturated heterocycles. The van der Waals surface area contributed by atoms with Gasteiger partial charge in [-0.3, -0.25) is 0 Å². The maximum absolute atomic E-state index is 5.87. The minimum absolute atomic E-state index is 0.897. The first kappa shape index (κ1) is 13.1. The van der Waals surface area contributed by atoms with Crippen LogP contribution >= 0.6 is 0 Å². The smallest absolute Gasteiger partial charge is 0.0349 e. The van der Waals surface area contributed by atoms with Crippen molar-refractivity contribution < 1.29 is 0 Å². The van der Waals surface area contributed by atoms with Crippen LogP contribution in [-0.2, 0) is 0 Å². The number of unbranched alkanes of at least 4 members (excludes halogenated alkanes) is 6. The Morgan fingerprint density at radius 3 is 2.44 bits per heavy atom. The van der Waals surface area contributed by atoms with Crippen molar-refractivity contribution in [2.24, 2.45) is 0 Å². The molecule has 0 spiro atoms. The van der Waals surface area contributed by atoms with Crippen molar-refractivity contribution in [2.45, 2.75) is 51.9 Å². The molecule has 0 atom stereocenters. The summed E-state index contributed by atoms with van der Waals surface area (Å²) in [6.07, 6.45) is 11.5. The lowest BCUT2D eigenvalue weighted by Crippen LogP contribution is -1.92. The largest absolute Gasteiger partial charge is 0.398 e. The molecular formula is C15H24N. The van der Waals surface area contributed by atoms with E-state index in [0.717, 1.165) is 12.1 Å². The van der Waals surface area contributed by atoms with E-state index in [-0.39, 0.29) is 0 Å². The molecule has 1 heteroatoms. The fraction of sp³-hybridized carbons (Fsp3) is 0.533. The Balaban J connectivity index is 2.05. The molecule has 2 N–H and O–H groups in total. The Kier molecular flexibility index (Phi) is 6.71. The molecule has 0 aromatic heterocycles. The van der Waals surface area contributed by atoms with Gasteiger partial charge in [0.2, 0.25) is 0 Å². The zero-order chi connectivity index (χ0) is 11.6. The van der Waals surface area contributed by atoms with Gasteiger partial charge >= 0.3 is 0 Å². The summed E-state index contributed by atoms with van der Waals surface area (Å²) in [5.41, 5.74) is 7.96. The number of nitrogen functional groups attached to an aromatic ring is 1. The van der Waals surface area contributed by atoms with Gasteiger partial charge in [0.15, 0.2) is 0 Å². The normalized spacial score (nSPS) is 10.6. The lowest BCUT2D eigenvalue weighted by molar-refractivity contribution is 0.607. The zero-order valence-electron chi connectivity index (χ0n) is 10.4. The van der Waals surface area contributed by atoms with Gasteiger partial charge in [0.05, 0.1) is 0 Å². The third-order valence-electron chi connectivity index (χ3n) is 2.92. The van der Waals surface area contributed by atoms with Crippen LogP contribution in [0.1, 0.15) is 57.4 Å². The first-order chi connectivity index (χ1) is 7.84. The van der Waals surface area contributed by atoms with E-state index in [9.17, 15) is 0 Å². The third kappa shape index (κ3) is 5.20. The van der Waals surface area contributed by atoms with Gasteiger partial charge in [0.1, 0.15) is 0 Å². The van der Waals surface area contributed by atoms with Crippen LogP contribution < -0.4 is 5.73 Å².